The predicted octanol–water partition coefficient (Wildman–Crippen LogP) is 3.06. The molecule has 4 nitrogen and oxygen atoms in total. The normalized spacial score (nSPS) is 9.61. The summed E-state index contributed by atoms with van der Waals surface area (Å²) in [6, 6.07) is 12.6. The smallest absolute Gasteiger partial charge is 0.220 e. The zero-order valence-electron chi connectivity index (χ0n) is 10.2. The first-order valence-corrected chi connectivity index (χ1v) is 5.42. The van der Waals surface area contributed by atoms with E-state index >= 15 is 0 Å². The van der Waals surface area contributed by atoms with Gasteiger partial charge in [-0.15, -0.1) is 0 Å². The lowest BCUT2D eigenvalue weighted by atomic mass is 10.2. The van der Waals surface area contributed by atoms with Crippen molar-refractivity contribution in [3.8, 4) is 23.4 Å². The van der Waals surface area contributed by atoms with Crippen LogP contribution in [0.2, 0.25) is 0 Å². The van der Waals surface area contributed by atoms with Crippen molar-refractivity contribution in [2.75, 3.05) is 7.11 Å². The first-order chi connectivity index (χ1) is 8.71. The van der Waals surface area contributed by atoms with Crippen LogP contribution in [0.15, 0.2) is 36.4 Å². The van der Waals surface area contributed by atoms with Crippen LogP contribution in [0.25, 0.3) is 0 Å². The van der Waals surface area contributed by atoms with Crippen LogP contribution in [-0.4, -0.2) is 12.1 Å². The second-order valence-corrected chi connectivity index (χ2v) is 3.72. The van der Waals surface area contributed by atoms with E-state index in [4.69, 9.17) is 14.7 Å². The number of ether oxygens (including phenoxy) is 2. The van der Waals surface area contributed by atoms with Gasteiger partial charge in [-0.05, 0) is 37.3 Å². The van der Waals surface area contributed by atoms with Gasteiger partial charge in [0, 0.05) is 11.8 Å². The number of benzene rings is 1. The van der Waals surface area contributed by atoms with Crippen LogP contribution in [0, 0.1) is 18.3 Å². The standard InChI is InChI=1S/C14H12N2O2/c1-10-7-11(9-15)8-14(16-10)18-13-5-3-12(17-2)4-6-13/h3-8H,1-2H3. The van der Waals surface area contributed by atoms with Crippen LogP contribution in [0.3, 0.4) is 0 Å². The van der Waals surface area contributed by atoms with Gasteiger partial charge < -0.3 is 9.47 Å². The third-order valence-electron chi connectivity index (χ3n) is 2.34. The third-order valence-corrected chi connectivity index (χ3v) is 2.34. The molecule has 0 aliphatic heterocycles. The molecule has 0 atom stereocenters. The molecule has 90 valence electrons. The minimum atomic E-state index is 0.414. The summed E-state index contributed by atoms with van der Waals surface area (Å²) in [4.78, 5) is 4.22. The van der Waals surface area contributed by atoms with Crippen molar-refractivity contribution in [2.45, 2.75) is 6.92 Å². The van der Waals surface area contributed by atoms with Crippen LogP contribution in [-0.2, 0) is 0 Å². The summed E-state index contributed by atoms with van der Waals surface area (Å²) in [5, 5.41) is 8.87. The molecule has 0 saturated carbocycles. The van der Waals surface area contributed by atoms with Crippen LogP contribution < -0.4 is 9.47 Å². The zero-order valence-corrected chi connectivity index (χ0v) is 10.2. The number of pyridine rings is 1. The van der Waals surface area contributed by atoms with Gasteiger partial charge in [0.25, 0.3) is 0 Å². The zero-order chi connectivity index (χ0) is 13.0. The summed E-state index contributed by atoms with van der Waals surface area (Å²) in [7, 11) is 1.61. The quantitative estimate of drug-likeness (QED) is 0.827. The van der Waals surface area contributed by atoms with Crippen molar-refractivity contribution >= 4 is 0 Å². The molecule has 0 aliphatic rings. The third kappa shape index (κ3) is 2.77. The van der Waals surface area contributed by atoms with E-state index in [1.165, 1.54) is 0 Å². The molecular formula is C14H12N2O2. The number of rotatable bonds is 3. The molecule has 2 rings (SSSR count). The molecule has 0 aliphatic carbocycles. The molecule has 1 heterocycles. The van der Waals surface area contributed by atoms with E-state index in [2.05, 4.69) is 11.1 Å². The summed E-state index contributed by atoms with van der Waals surface area (Å²) >= 11 is 0. The molecular weight excluding hydrogens is 228 g/mol. The number of aryl methyl sites for hydroxylation is 1. The van der Waals surface area contributed by atoms with Crippen molar-refractivity contribution in [2.24, 2.45) is 0 Å². The number of aromatic nitrogens is 1. The summed E-state index contributed by atoms with van der Waals surface area (Å²) in [6.07, 6.45) is 0. The van der Waals surface area contributed by atoms with E-state index in [0.29, 0.717) is 17.2 Å². The highest BCUT2D eigenvalue weighted by Gasteiger charge is 2.03. The molecule has 0 radical (unpaired) electrons. The van der Waals surface area contributed by atoms with E-state index in [9.17, 15) is 0 Å². The lowest BCUT2D eigenvalue weighted by molar-refractivity contribution is 0.412. The molecule has 2 aromatic rings. The molecule has 1 aromatic heterocycles. The van der Waals surface area contributed by atoms with E-state index in [-0.39, 0.29) is 0 Å². The molecule has 0 bridgehead atoms. The van der Waals surface area contributed by atoms with Gasteiger partial charge in [-0.2, -0.15) is 5.26 Å². The molecule has 0 unspecified atom stereocenters. The first-order valence-electron chi connectivity index (χ1n) is 5.42. The summed E-state index contributed by atoms with van der Waals surface area (Å²) in [5.74, 6) is 1.83. The average molecular weight is 240 g/mol. The molecule has 0 amide bonds. The monoisotopic (exact) mass is 240 g/mol. The molecule has 0 saturated heterocycles. The van der Waals surface area contributed by atoms with E-state index in [1.807, 2.05) is 6.92 Å². The second-order valence-electron chi connectivity index (χ2n) is 3.72. The van der Waals surface area contributed by atoms with E-state index in [1.54, 1.807) is 43.5 Å². The minimum absolute atomic E-state index is 0.414. The fourth-order valence-electron chi connectivity index (χ4n) is 1.52. The SMILES string of the molecule is COc1ccc(Oc2cc(C#N)cc(C)n2)cc1. The Bertz CT molecular complexity index is 586. The van der Waals surface area contributed by atoms with Gasteiger partial charge in [0.1, 0.15) is 11.5 Å². The summed E-state index contributed by atoms with van der Waals surface area (Å²) in [5.41, 5.74) is 1.28. The lowest BCUT2D eigenvalue weighted by Crippen LogP contribution is -1.92. The van der Waals surface area contributed by atoms with Gasteiger partial charge in [-0.3, -0.25) is 0 Å². The van der Waals surface area contributed by atoms with Crippen LogP contribution >= 0.6 is 0 Å². The van der Waals surface area contributed by atoms with E-state index in [0.717, 1.165) is 11.4 Å². The van der Waals surface area contributed by atoms with Crippen LogP contribution in [0.1, 0.15) is 11.3 Å². The fraction of sp³-hybridized carbons (Fsp3) is 0.143. The average Bonchev–Trinajstić information content (AvgIpc) is 2.39. The number of nitrogens with zero attached hydrogens (tertiary/aromatic N) is 2. The summed E-state index contributed by atoms with van der Waals surface area (Å²) in [6.45, 7) is 1.82. The molecule has 0 N–H and O–H groups in total. The largest absolute Gasteiger partial charge is 0.497 e. The summed E-state index contributed by atoms with van der Waals surface area (Å²) < 4.78 is 10.6. The molecule has 0 fully saturated rings. The first kappa shape index (κ1) is 11.9. The van der Waals surface area contributed by atoms with Gasteiger partial charge in [-0.25, -0.2) is 4.98 Å². The lowest BCUT2D eigenvalue weighted by Gasteiger charge is -2.06. The Morgan fingerprint density at radius 3 is 2.39 bits per heavy atom. The number of hydrogen-bond acceptors (Lipinski definition) is 4. The molecule has 0 spiro atoms. The Hall–Kier alpha value is -2.54. The van der Waals surface area contributed by atoms with Crippen molar-refractivity contribution in [1.82, 2.24) is 4.98 Å². The Kier molecular flexibility index (Phi) is 3.44. The van der Waals surface area contributed by atoms with Gasteiger partial charge in [0.2, 0.25) is 5.88 Å². The Balaban J connectivity index is 2.22. The maximum absolute atomic E-state index is 8.87. The van der Waals surface area contributed by atoms with E-state index < -0.39 is 0 Å². The molecule has 18 heavy (non-hydrogen) atoms. The minimum Gasteiger partial charge on any atom is -0.497 e. The number of methoxy groups -OCH3 is 1. The highest BCUT2D eigenvalue weighted by atomic mass is 16.5. The van der Waals surface area contributed by atoms with Crippen molar-refractivity contribution in [3.05, 3.63) is 47.7 Å². The number of nitriles is 1. The second kappa shape index (κ2) is 5.19. The van der Waals surface area contributed by atoms with Crippen molar-refractivity contribution in [3.63, 3.8) is 0 Å². The number of hydrogen-bond donors (Lipinski definition) is 0. The molecule has 1 aromatic carbocycles. The maximum Gasteiger partial charge on any atom is 0.220 e. The Labute approximate surface area is 105 Å². The van der Waals surface area contributed by atoms with Crippen molar-refractivity contribution in [1.29, 1.82) is 5.26 Å². The van der Waals surface area contributed by atoms with Crippen LogP contribution in [0.4, 0.5) is 0 Å². The van der Waals surface area contributed by atoms with Crippen LogP contribution in [0.5, 0.6) is 17.4 Å². The van der Waals surface area contributed by atoms with Gasteiger partial charge in [0.05, 0.1) is 18.7 Å². The Morgan fingerprint density at radius 2 is 1.78 bits per heavy atom. The molecule has 4 heteroatoms. The highest BCUT2D eigenvalue weighted by Crippen LogP contribution is 2.23. The maximum atomic E-state index is 8.87. The Morgan fingerprint density at radius 1 is 1.11 bits per heavy atom. The predicted molar refractivity (Wildman–Crippen MR) is 66.8 cm³/mol. The fourth-order valence-corrected chi connectivity index (χ4v) is 1.52. The van der Waals surface area contributed by atoms with Crippen molar-refractivity contribution < 1.29 is 9.47 Å². The van der Waals surface area contributed by atoms with Gasteiger partial charge >= 0.3 is 0 Å². The van der Waals surface area contributed by atoms with Gasteiger partial charge in [0.15, 0.2) is 0 Å². The topological polar surface area (TPSA) is 55.1 Å². The van der Waals surface area contributed by atoms with Gasteiger partial charge in [-0.1, -0.05) is 0 Å². The highest BCUT2D eigenvalue weighted by molar-refractivity contribution is 5.37.